The third-order valence-electron chi connectivity index (χ3n) is 3.25. The summed E-state index contributed by atoms with van der Waals surface area (Å²) in [4.78, 5) is 25.9. The van der Waals surface area contributed by atoms with E-state index in [1.807, 2.05) is 23.8 Å². The van der Waals surface area contributed by atoms with Crippen LogP contribution in [-0.2, 0) is 16.1 Å². The minimum Gasteiger partial charge on any atom is -0.343 e. The van der Waals surface area contributed by atoms with E-state index in [0.29, 0.717) is 13.0 Å². The van der Waals surface area contributed by atoms with E-state index in [4.69, 9.17) is 0 Å². The Morgan fingerprint density at radius 1 is 1.44 bits per heavy atom. The molecule has 2 amide bonds. The maximum absolute atomic E-state index is 12.3. The van der Waals surface area contributed by atoms with Crippen LogP contribution in [0.5, 0.6) is 0 Å². The molecule has 0 radical (unpaired) electrons. The van der Waals surface area contributed by atoms with Gasteiger partial charge in [0.2, 0.25) is 11.8 Å². The predicted octanol–water partition coefficient (Wildman–Crippen LogP) is 1.76. The van der Waals surface area contributed by atoms with Gasteiger partial charge in [0, 0.05) is 6.54 Å². The first kappa shape index (κ1) is 13.1. The molecule has 1 aliphatic heterocycles. The number of nitrogens with zero attached hydrogens (tertiary/aromatic N) is 1. The third kappa shape index (κ3) is 2.56. The summed E-state index contributed by atoms with van der Waals surface area (Å²) in [5.74, 6) is -0.0153. The van der Waals surface area contributed by atoms with E-state index in [0.717, 1.165) is 12.0 Å². The van der Waals surface area contributed by atoms with Gasteiger partial charge in [-0.1, -0.05) is 13.3 Å². The zero-order valence-electron chi connectivity index (χ0n) is 10.7. The van der Waals surface area contributed by atoms with Crippen molar-refractivity contribution in [2.24, 2.45) is 0 Å². The van der Waals surface area contributed by atoms with Crippen LogP contribution in [-0.4, -0.2) is 28.8 Å². The van der Waals surface area contributed by atoms with Gasteiger partial charge in [-0.25, -0.2) is 0 Å². The lowest BCUT2D eigenvalue weighted by Crippen LogP contribution is -2.61. The van der Waals surface area contributed by atoms with Crippen LogP contribution in [0.1, 0.15) is 32.3 Å². The molecule has 5 heteroatoms. The fourth-order valence-corrected chi connectivity index (χ4v) is 2.82. The molecule has 0 bridgehead atoms. The van der Waals surface area contributed by atoms with Crippen LogP contribution in [0.15, 0.2) is 16.8 Å². The molecular weight excluding hydrogens is 248 g/mol. The first-order valence-electron chi connectivity index (χ1n) is 6.25. The summed E-state index contributed by atoms with van der Waals surface area (Å²) in [6, 6.07) is 1.26. The van der Waals surface area contributed by atoms with Gasteiger partial charge in [0.15, 0.2) is 0 Å². The van der Waals surface area contributed by atoms with Crippen LogP contribution in [0.3, 0.4) is 0 Å². The van der Waals surface area contributed by atoms with Crippen LogP contribution < -0.4 is 5.32 Å². The Morgan fingerprint density at radius 2 is 2.22 bits per heavy atom. The average molecular weight is 266 g/mol. The van der Waals surface area contributed by atoms with Crippen molar-refractivity contribution < 1.29 is 9.59 Å². The maximum Gasteiger partial charge on any atom is 0.246 e. The van der Waals surface area contributed by atoms with E-state index in [9.17, 15) is 9.59 Å². The molecule has 2 unspecified atom stereocenters. The predicted molar refractivity (Wildman–Crippen MR) is 71.2 cm³/mol. The lowest BCUT2D eigenvalue weighted by atomic mass is 10.0. The standard InChI is InChI=1S/C13H18N2O2S/c1-3-4-11-13(17)15(9(2)12(16)14-11)7-10-5-6-18-8-10/h5-6,8-9,11H,3-4,7H2,1-2H3,(H,14,16). The Morgan fingerprint density at radius 3 is 2.83 bits per heavy atom. The number of thiophene rings is 1. The smallest absolute Gasteiger partial charge is 0.246 e. The molecule has 2 atom stereocenters. The van der Waals surface area contributed by atoms with E-state index in [-0.39, 0.29) is 23.9 Å². The Balaban J connectivity index is 2.14. The molecule has 4 nitrogen and oxygen atoms in total. The molecule has 0 spiro atoms. The van der Waals surface area contributed by atoms with Crippen molar-refractivity contribution >= 4 is 23.2 Å². The molecule has 0 aromatic carbocycles. The molecular formula is C13H18N2O2S. The van der Waals surface area contributed by atoms with Gasteiger partial charge in [0.05, 0.1) is 0 Å². The minimum absolute atomic E-state index is 0.0372. The first-order chi connectivity index (χ1) is 8.63. The zero-order valence-corrected chi connectivity index (χ0v) is 11.5. The van der Waals surface area contributed by atoms with Gasteiger partial charge in [-0.2, -0.15) is 11.3 Å². The molecule has 1 aromatic rings. The molecule has 18 heavy (non-hydrogen) atoms. The topological polar surface area (TPSA) is 49.4 Å². The fourth-order valence-electron chi connectivity index (χ4n) is 2.17. The van der Waals surface area contributed by atoms with Crippen LogP contribution in [0.2, 0.25) is 0 Å². The molecule has 1 N–H and O–H groups in total. The summed E-state index contributed by atoms with van der Waals surface area (Å²) in [7, 11) is 0. The second-order valence-electron chi connectivity index (χ2n) is 4.62. The van der Waals surface area contributed by atoms with Crippen LogP contribution in [0.4, 0.5) is 0 Å². The first-order valence-corrected chi connectivity index (χ1v) is 7.19. The van der Waals surface area contributed by atoms with E-state index in [2.05, 4.69) is 5.32 Å². The lowest BCUT2D eigenvalue weighted by molar-refractivity contribution is -0.149. The highest BCUT2D eigenvalue weighted by Crippen LogP contribution is 2.18. The van der Waals surface area contributed by atoms with Crippen molar-refractivity contribution in [3.63, 3.8) is 0 Å². The van der Waals surface area contributed by atoms with Crippen molar-refractivity contribution in [1.82, 2.24) is 10.2 Å². The van der Waals surface area contributed by atoms with Crippen molar-refractivity contribution in [2.45, 2.75) is 45.3 Å². The van der Waals surface area contributed by atoms with Gasteiger partial charge in [0.25, 0.3) is 0 Å². The second kappa shape index (κ2) is 5.52. The third-order valence-corrected chi connectivity index (χ3v) is 3.99. The van der Waals surface area contributed by atoms with Crippen LogP contribution in [0, 0.1) is 0 Å². The maximum atomic E-state index is 12.3. The molecule has 2 heterocycles. The average Bonchev–Trinajstić information content (AvgIpc) is 2.85. The summed E-state index contributed by atoms with van der Waals surface area (Å²) < 4.78 is 0. The molecule has 1 saturated heterocycles. The monoisotopic (exact) mass is 266 g/mol. The minimum atomic E-state index is -0.384. The molecule has 0 saturated carbocycles. The van der Waals surface area contributed by atoms with Crippen molar-refractivity contribution in [1.29, 1.82) is 0 Å². The Labute approximate surface area is 111 Å². The molecule has 1 fully saturated rings. The summed E-state index contributed by atoms with van der Waals surface area (Å²) >= 11 is 1.60. The number of hydrogen-bond donors (Lipinski definition) is 1. The Bertz CT molecular complexity index is 430. The zero-order chi connectivity index (χ0) is 13.1. The molecule has 98 valence electrons. The van der Waals surface area contributed by atoms with Gasteiger partial charge in [0.1, 0.15) is 12.1 Å². The highest BCUT2D eigenvalue weighted by molar-refractivity contribution is 7.07. The summed E-state index contributed by atoms with van der Waals surface area (Å²) in [5.41, 5.74) is 1.09. The summed E-state index contributed by atoms with van der Waals surface area (Å²) in [5, 5.41) is 6.80. The van der Waals surface area contributed by atoms with Gasteiger partial charge < -0.3 is 10.2 Å². The van der Waals surface area contributed by atoms with E-state index < -0.39 is 0 Å². The number of carbonyl (C=O) groups is 2. The fraction of sp³-hybridized carbons (Fsp3) is 0.538. The number of hydrogen-bond acceptors (Lipinski definition) is 3. The SMILES string of the molecule is CCCC1NC(=O)C(C)N(Cc2ccsc2)C1=O. The van der Waals surface area contributed by atoms with E-state index in [1.165, 1.54) is 0 Å². The highest BCUT2D eigenvalue weighted by atomic mass is 32.1. The number of carbonyl (C=O) groups excluding carboxylic acids is 2. The van der Waals surface area contributed by atoms with Crippen LogP contribution >= 0.6 is 11.3 Å². The van der Waals surface area contributed by atoms with Crippen molar-refractivity contribution in [3.8, 4) is 0 Å². The normalized spacial score (nSPS) is 24.2. The van der Waals surface area contributed by atoms with Crippen molar-refractivity contribution in [2.75, 3.05) is 0 Å². The summed E-state index contributed by atoms with van der Waals surface area (Å²) in [6.07, 6.45) is 1.59. The van der Waals surface area contributed by atoms with E-state index in [1.54, 1.807) is 23.2 Å². The molecule has 0 aliphatic carbocycles. The molecule has 1 aromatic heterocycles. The molecule has 2 rings (SSSR count). The van der Waals surface area contributed by atoms with Crippen molar-refractivity contribution in [3.05, 3.63) is 22.4 Å². The van der Waals surface area contributed by atoms with Gasteiger partial charge >= 0.3 is 0 Å². The van der Waals surface area contributed by atoms with E-state index >= 15 is 0 Å². The largest absolute Gasteiger partial charge is 0.343 e. The number of nitrogens with one attached hydrogen (secondary N) is 1. The number of amides is 2. The van der Waals surface area contributed by atoms with Gasteiger partial charge in [-0.05, 0) is 35.7 Å². The molecule has 1 aliphatic rings. The Kier molecular flexibility index (Phi) is 4.01. The Hall–Kier alpha value is -1.36. The van der Waals surface area contributed by atoms with Crippen LogP contribution in [0.25, 0.3) is 0 Å². The number of piperazine rings is 1. The lowest BCUT2D eigenvalue weighted by Gasteiger charge is -2.37. The van der Waals surface area contributed by atoms with Gasteiger partial charge in [-0.3, -0.25) is 9.59 Å². The number of rotatable bonds is 4. The summed E-state index contributed by atoms with van der Waals surface area (Å²) in [6.45, 7) is 4.32. The second-order valence-corrected chi connectivity index (χ2v) is 5.40. The highest BCUT2D eigenvalue weighted by Gasteiger charge is 2.37. The quantitative estimate of drug-likeness (QED) is 0.903. The van der Waals surface area contributed by atoms with Gasteiger partial charge in [-0.15, -0.1) is 0 Å².